The quantitative estimate of drug-likeness (QED) is 0.700. The van der Waals surface area contributed by atoms with Gasteiger partial charge >= 0.3 is 0 Å². The van der Waals surface area contributed by atoms with E-state index < -0.39 is 10.0 Å². The number of ether oxygens (including phenoxy) is 1. The van der Waals surface area contributed by atoms with Crippen molar-refractivity contribution in [3.8, 4) is 0 Å². The number of methoxy groups -OCH3 is 1. The van der Waals surface area contributed by atoms with Gasteiger partial charge in [0.1, 0.15) is 0 Å². The Morgan fingerprint density at radius 3 is 2.41 bits per heavy atom. The van der Waals surface area contributed by atoms with E-state index in [1.54, 1.807) is 19.1 Å². The largest absolute Gasteiger partial charge is 0.383 e. The number of sulfonamides is 1. The molecule has 0 aliphatic heterocycles. The van der Waals surface area contributed by atoms with Crippen molar-refractivity contribution in [2.75, 3.05) is 13.7 Å². The van der Waals surface area contributed by atoms with Crippen molar-refractivity contribution < 1.29 is 17.9 Å². The molecule has 8 heteroatoms. The fraction of sp³-hybridized carbons (Fsp3) is 0.316. The molecule has 1 amide bonds. The van der Waals surface area contributed by atoms with Gasteiger partial charge in [-0.1, -0.05) is 23.7 Å². The molecule has 0 spiro atoms. The topological polar surface area (TPSA) is 84.5 Å². The molecule has 6 nitrogen and oxygen atoms in total. The average Bonchev–Trinajstić information content (AvgIpc) is 2.61. The summed E-state index contributed by atoms with van der Waals surface area (Å²) in [5.74, 6) is -0.299. The number of amides is 1. The zero-order chi connectivity index (χ0) is 20.0. The number of nitrogens with one attached hydrogen (secondary N) is 2. The number of carbonyl (C=O) groups is 1. The summed E-state index contributed by atoms with van der Waals surface area (Å²) in [6.45, 7) is 3.82. The van der Waals surface area contributed by atoms with Crippen LogP contribution < -0.4 is 10.0 Å². The SMILES string of the molecule is COC[C@H](C)NS(=O)(=O)c1ccc(C(=O)N[C@H](C)c2cccc(Cl)c2)cc1. The summed E-state index contributed by atoms with van der Waals surface area (Å²) in [4.78, 5) is 12.5. The van der Waals surface area contributed by atoms with E-state index in [0.29, 0.717) is 10.6 Å². The van der Waals surface area contributed by atoms with E-state index in [0.717, 1.165) is 5.56 Å². The highest BCUT2D eigenvalue weighted by atomic mass is 35.5. The maximum absolute atomic E-state index is 12.4. The minimum Gasteiger partial charge on any atom is -0.383 e. The molecule has 146 valence electrons. The standard InChI is InChI=1S/C19H23ClN2O4S/c1-13(12-26-3)22-27(24,25)18-9-7-15(8-10-18)19(23)21-14(2)16-5-4-6-17(20)11-16/h4-11,13-14,22H,12H2,1-3H3,(H,21,23)/t13-,14+/m0/s1. The van der Waals surface area contributed by atoms with Gasteiger partial charge in [0, 0.05) is 23.7 Å². The lowest BCUT2D eigenvalue weighted by molar-refractivity contribution is 0.0940. The Morgan fingerprint density at radius 2 is 1.81 bits per heavy atom. The lowest BCUT2D eigenvalue weighted by atomic mass is 10.1. The van der Waals surface area contributed by atoms with Crippen LogP contribution in [0, 0.1) is 0 Å². The summed E-state index contributed by atoms with van der Waals surface area (Å²) in [5.41, 5.74) is 1.25. The molecule has 2 N–H and O–H groups in total. The van der Waals surface area contributed by atoms with Crippen LogP contribution in [0.4, 0.5) is 0 Å². The van der Waals surface area contributed by atoms with Gasteiger partial charge in [0.15, 0.2) is 0 Å². The Morgan fingerprint density at radius 1 is 1.15 bits per heavy atom. The van der Waals surface area contributed by atoms with Crippen LogP contribution in [0.25, 0.3) is 0 Å². The number of rotatable bonds is 8. The van der Waals surface area contributed by atoms with Gasteiger partial charge < -0.3 is 10.1 Å². The Bertz CT molecular complexity index is 885. The summed E-state index contributed by atoms with van der Waals surface area (Å²) >= 11 is 5.97. The molecule has 0 saturated heterocycles. The number of halogens is 1. The van der Waals surface area contributed by atoms with Gasteiger partial charge in [0.25, 0.3) is 5.91 Å². The molecule has 2 aromatic carbocycles. The minimum absolute atomic E-state index is 0.0879. The molecular weight excluding hydrogens is 388 g/mol. The van der Waals surface area contributed by atoms with Gasteiger partial charge in [-0.25, -0.2) is 13.1 Å². The van der Waals surface area contributed by atoms with E-state index in [1.807, 2.05) is 19.1 Å². The molecule has 0 bridgehead atoms. The molecular formula is C19H23ClN2O4S. The smallest absolute Gasteiger partial charge is 0.251 e. The highest BCUT2D eigenvalue weighted by Gasteiger charge is 2.18. The zero-order valence-electron chi connectivity index (χ0n) is 15.4. The Labute approximate surface area is 164 Å². The summed E-state index contributed by atoms with van der Waals surface area (Å²) < 4.78 is 32.1. The zero-order valence-corrected chi connectivity index (χ0v) is 17.0. The molecule has 0 aromatic heterocycles. The summed E-state index contributed by atoms with van der Waals surface area (Å²) in [6, 6.07) is 12.4. The fourth-order valence-corrected chi connectivity index (χ4v) is 3.97. The van der Waals surface area contributed by atoms with E-state index in [1.165, 1.54) is 31.4 Å². The van der Waals surface area contributed by atoms with Crippen LogP contribution >= 0.6 is 11.6 Å². The molecule has 0 aliphatic carbocycles. The van der Waals surface area contributed by atoms with Crippen LogP contribution in [-0.2, 0) is 14.8 Å². The second-order valence-corrected chi connectivity index (χ2v) is 8.40. The Balaban J connectivity index is 2.06. The molecule has 27 heavy (non-hydrogen) atoms. The van der Waals surface area contributed by atoms with E-state index >= 15 is 0 Å². The number of hydrogen-bond acceptors (Lipinski definition) is 4. The molecule has 0 saturated carbocycles. The molecule has 0 radical (unpaired) electrons. The lowest BCUT2D eigenvalue weighted by Crippen LogP contribution is -2.35. The second kappa shape index (κ2) is 9.32. The first-order chi connectivity index (χ1) is 12.7. The molecule has 2 rings (SSSR count). The predicted molar refractivity (Wildman–Crippen MR) is 105 cm³/mol. The van der Waals surface area contributed by atoms with Crippen molar-refractivity contribution in [3.05, 3.63) is 64.7 Å². The number of carbonyl (C=O) groups excluding carboxylic acids is 1. The number of benzene rings is 2. The highest BCUT2D eigenvalue weighted by molar-refractivity contribution is 7.89. The minimum atomic E-state index is -3.67. The highest BCUT2D eigenvalue weighted by Crippen LogP contribution is 2.18. The second-order valence-electron chi connectivity index (χ2n) is 6.25. The van der Waals surface area contributed by atoms with Gasteiger partial charge in [-0.05, 0) is 55.8 Å². The number of hydrogen-bond donors (Lipinski definition) is 2. The fourth-order valence-electron chi connectivity index (χ4n) is 2.54. The van der Waals surface area contributed by atoms with Crippen LogP contribution in [0.1, 0.15) is 35.8 Å². The van der Waals surface area contributed by atoms with E-state index in [2.05, 4.69) is 10.0 Å². The molecule has 0 unspecified atom stereocenters. The molecule has 2 aromatic rings. The maximum Gasteiger partial charge on any atom is 0.251 e. The van der Waals surface area contributed by atoms with E-state index in [4.69, 9.17) is 16.3 Å². The normalized spacial score (nSPS) is 13.8. The molecule has 0 heterocycles. The first-order valence-corrected chi connectivity index (χ1v) is 10.3. The van der Waals surface area contributed by atoms with Crippen LogP contribution in [0.15, 0.2) is 53.4 Å². The van der Waals surface area contributed by atoms with E-state index in [-0.39, 0.29) is 29.5 Å². The summed E-state index contributed by atoms with van der Waals surface area (Å²) in [7, 11) is -2.17. The van der Waals surface area contributed by atoms with Crippen molar-refractivity contribution in [1.82, 2.24) is 10.0 Å². The maximum atomic E-state index is 12.4. The van der Waals surface area contributed by atoms with Gasteiger partial charge in [-0.2, -0.15) is 0 Å². The monoisotopic (exact) mass is 410 g/mol. The Kier molecular flexibility index (Phi) is 7.38. The first-order valence-electron chi connectivity index (χ1n) is 8.40. The molecule has 0 aliphatic rings. The van der Waals surface area contributed by atoms with E-state index in [9.17, 15) is 13.2 Å². The van der Waals surface area contributed by atoms with Gasteiger partial charge in [-0.15, -0.1) is 0 Å². The van der Waals surface area contributed by atoms with Crippen molar-refractivity contribution in [2.24, 2.45) is 0 Å². The van der Waals surface area contributed by atoms with Gasteiger partial charge in [0.05, 0.1) is 17.5 Å². The molecule has 0 fully saturated rings. The third-order valence-corrected chi connectivity index (χ3v) is 5.74. The van der Waals surface area contributed by atoms with Gasteiger partial charge in [-0.3, -0.25) is 4.79 Å². The van der Waals surface area contributed by atoms with Crippen LogP contribution in [0.5, 0.6) is 0 Å². The predicted octanol–water partition coefficient (Wildman–Crippen LogP) is 3.14. The average molecular weight is 411 g/mol. The van der Waals surface area contributed by atoms with Crippen molar-refractivity contribution in [3.63, 3.8) is 0 Å². The summed E-state index contributed by atoms with van der Waals surface area (Å²) in [6.07, 6.45) is 0. The third-order valence-electron chi connectivity index (χ3n) is 3.90. The van der Waals surface area contributed by atoms with Crippen molar-refractivity contribution in [2.45, 2.75) is 30.8 Å². The van der Waals surface area contributed by atoms with Crippen LogP contribution in [0.3, 0.4) is 0 Å². The summed E-state index contributed by atoms with van der Waals surface area (Å²) in [5, 5.41) is 3.46. The van der Waals surface area contributed by atoms with Gasteiger partial charge in [0.2, 0.25) is 10.0 Å². The first kappa shape index (κ1) is 21.4. The van der Waals surface area contributed by atoms with Crippen LogP contribution in [-0.4, -0.2) is 34.1 Å². The molecule has 2 atom stereocenters. The van der Waals surface area contributed by atoms with Crippen LogP contribution in [0.2, 0.25) is 5.02 Å². The van der Waals surface area contributed by atoms with Crippen molar-refractivity contribution >= 4 is 27.5 Å². The van der Waals surface area contributed by atoms with Crippen molar-refractivity contribution in [1.29, 1.82) is 0 Å². The third kappa shape index (κ3) is 6.04. The Hall–Kier alpha value is -1.93. The lowest BCUT2D eigenvalue weighted by Gasteiger charge is -2.15.